The van der Waals surface area contributed by atoms with Gasteiger partial charge in [-0.1, -0.05) is 41.3 Å². The van der Waals surface area contributed by atoms with E-state index in [1.54, 1.807) is 23.9 Å². The van der Waals surface area contributed by atoms with Gasteiger partial charge in [-0.25, -0.2) is 4.68 Å². The third-order valence-electron chi connectivity index (χ3n) is 4.07. The van der Waals surface area contributed by atoms with E-state index < -0.39 is 0 Å². The van der Waals surface area contributed by atoms with Gasteiger partial charge in [0, 0.05) is 13.1 Å². The Morgan fingerprint density at radius 2 is 1.97 bits per heavy atom. The molecule has 0 saturated carbocycles. The summed E-state index contributed by atoms with van der Waals surface area (Å²) in [5, 5.41) is 15.9. The number of nitrogens with zero attached hydrogens (tertiary/aromatic N) is 4. The monoisotopic (exact) mass is 499 g/mol. The number of anilines is 1. The molecule has 2 aromatic carbocycles. The zero-order valence-corrected chi connectivity index (χ0v) is 19.1. The van der Waals surface area contributed by atoms with Crippen LogP contribution in [0.4, 0.5) is 5.95 Å². The highest BCUT2D eigenvalue weighted by molar-refractivity contribution is 9.10. The van der Waals surface area contributed by atoms with Crippen LogP contribution in [-0.4, -0.2) is 27.3 Å². The number of methoxy groups -OCH3 is 1. The number of benzene rings is 2. The first-order valence-electron chi connectivity index (χ1n) is 8.95. The molecule has 0 spiro atoms. The predicted molar refractivity (Wildman–Crippen MR) is 117 cm³/mol. The fourth-order valence-corrected chi connectivity index (χ4v) is 3.60. The average molecular weight is 501 g/mol. The minimum atomic E-state index is 0.329. The molecular formula is C19H20BrCl2N5O2. The Balaban J connectivity index is 1.71. The second-order valence-electron chi connectivity index (χ2n) is 6.23. The smallest absolute Gasteiger partial charge is 0.243 e. The Hall–Kier alpha value is -2.03. The molecule has 0 atom stereocenters. The Kier molecular flexibility index (Phi) is 7.57. The molecule has 1 aromatic heterocycles. The molecule has 0 saturated heterocycles. The van der Waals surface area contributed by atoms with Crippen LogP contribution in [0.3, 0.4) is 0 Å². The Bertz CT molecular complexity index is 983. The van der Waals surface area contributed by atoms with E-state index in [0.717, 1.165) is 28.6 Å². The fourth-order valence-electron chi connectivity index (χ4n) is 2.68. The Morgan fingerprint density at radius 3 is 2.69 bits per heavy atom. The topological polar surface area (TPSA) is 74.1 Å². The van der Waals surface area contributed by atoms with Crippen molar-refractivity contribution in [2.75, 3.05) is 12.4 Å². The van der Waals surface area contributed by atoms with E-state index in [2.05, 4.69) is 43.7 Å². The molecule has 154 valence electrons. The highest BCUT2D eigenvalue weighted by Gasteiger charge is 2.13. The molecule has 0 bridgehead atoms. The van der Waals surface area contributed by atoms with Gasteiger partial charge in [-0.15, -0.1) is 0 Å². The standard InChI is InChI=1S/C19H20BrCl2N5O2/c1-3-6-27-19(24-25-26-27)23-10-13-7-14(20)18(17(9-13)28-2)29-11-12-4-5-15(21)16(22)8-12/h4-5,7-9H,3,6,10-11H2,1-2H3,(H,23,24,26). The van der Waals surface area contributed by atoms with Crippen molar-refractivity contribution in [3.63, 3.8) is 0 Å². The number of halogens is 3. The minimum Gasteiger partial charge on any atom is -0.493 e. The number of nitrogens with one attached hydrogen (secondary N) is 1. The molecule has 0 unspecified atom stereocenters. The molecule has 29 heavy (non-hydrogen) atoms. The summed E-state index contributed by atoms with van der Waals surface area (Å²) in [7, 11) is 1.60. The summed E-state index contributed by atoms with van der Waals surface area (Å²) in [4.78, 5) is 0. The van der Waals surface area contributed by atoms with Gasteiger partial charge in [0.15, 0.2) is 11.5 Å². The lowest BCUT2D eigenvalue weighted by Crippen LogP contribution is -2.09. The van der Waals surface area contributed by atoms with Crippen molar-refractivity contribution in [1.82, 2.24) is 20.2 Å². The molecule has 0 aliphatic rings. The third kappa shape index (κ3) is 5.52. The SMILES string of the molecule is CCCn1nnnc1NCc1cc(Br)c(OCc2ccc(Cl)c(Cl)c2)c(OC)c1. The van der Waals surface area contributed by atoms with E-state index in [1.807, 2.05) is 18.2 Å². The summed E-state index contributed by atoms with van der Waals surface area (Å²) in [5.41, 5.74) is 1.89. The van der Waals surface area contributed by atoms with Crippen LogP contribution in [0.1, 0.15) is 24.5 Å². The lowest BCUT2D eigenvalue weighted by Gasteiger charge is -2.15. The van der Waals surface area contributed by atoms with Gasteiger partial charge in [0.25, 0.3) is 0 Å². The first-order chi connectivity index (χ1) is 14.0. The number of hydrogen-bond acceptors (Lipinski definition) is 6. The van der Waals surface area contributed by atoms with Gasteiger partial charge in [0.2, 0.25) is 5.95 Å². The molecule has 0 fully saturated rings. The highest BCUT2D eigenvalue weighted by atomic mass is 79.9. The normalized spacial score (nSPS) is 10.8. The molecule has 3 rings (SSSR count). The Morgan fingerprint density at radius 1 is 1.14 bits per heavy atom. The quantitative estimate of drug-likeness (QED) is 0.426. The van der Waals surface area contributed by atoms with Crippen molar-refractivity contribution in [1.29, 1.82) is 0 Å². The number of tetrazole rings is 1. The maximum atomic E-state index is 6.07. The number of ether oxygens (including phenoxy) is 2. The van der Waals surface area contributed by atoms with Gasteiger partial charge in [-0.2, -0.15) is 0 Å². The van der Waals surface area contributed by atoms with Crippen LogP contribution in [-0.2, 0) is 19.7 Å². The van der Waals surface area contributed by atoms with Gasteiger partial charge in [0.1, 0.15) is 6.61 Å². The second-order valence-corrected chi connectivity index (χ2v) is 7.89. The maximum absolute atomic E-state index is 6.07. The van der Waals surface area contributed by atoms with Crippen LogP contribution in [0.25, 0.3) is 0 Å². The lowest BCUT2D eigenvalue weighted by atomic mass is 10.2. The van der Waals surface area contributed by atoms with E-state index in [1.165, 1.54) is 0 Å². The van der Waals surface area contributed by atoms with Gasteiger partial charge < -0.3 is 14.8 Å². The first-order valence-corrected chi connectivity index (χ1v) is 10.5. The number of rotatable bonds is 9. The first kappa shape index (κ1) is 21.7. The van der Waals surface area contributed by atoms with Crippen LogP contribution in [0, 0.1) is 0 Å². The molecule has 0 aliphatic heterocycles. The summed E-state index contributed by atoms with van der Waals surface area (Å²) in [6.45, 7) is 3.69. The second kappa shape index (κ2) is 10.1. The van der Waals surface area contributed by atoms with Crippen molar-refractivity contribution >= 4 is 45.1 Å². The van der Waals surface area contributed by atoms with E-state index in [-0.39, 0.29) is 0 Å². The average Bonchev–Trinajstić information content (AvgIpc) is 3.15. The van der Waals surface area contributed by atoms with E-state index in [4.69, 9.17) is 32.7 Å². The Labute approximate surface area is 187 Å². The van der Waals surface area contributed by atoms with Gasteiger partial charge in [-0.05, 0) is 68.2 Å². The van der Waals surface area contributed by atoms with Crippen LogP contribution < -0.4 is 14.8 Å². The van der Waals surface area contributed by atoms with Crippen LogP contribution >= 0.6 is 39.1 Å². The number of aryl methyl sites for hydroxylation is 1. The molecule has 1 N–H and O–H groups in total. The maximum Gasteiger partial charge on any atom is 0.243 e. The van der Waals surface area contributed by atoms with Crippen molar-refractivity contribution in [3.8, 4) is 11.5 Å². The van der Waals surface area contributed by atoms with Crippen LogP contribution in [0.5, 0.6) is 11.5 Å². The fraction of sp³-hybridized carbons (Fsp3) is 0.316. The summed E-state index contributed by atoms with van der Waals surface area (Å²) in [5.74, 6) is 1.85. The largest absolute Gasteiger partial charge is 0.493 e. The van der Waals surface area contributed by atoms with E-state index in [0.29, 0.717) is 40.6 Å². The molecule has 0 aliphatic carbocycles. The zero-order chi connectivity index (χ0) is 20.8. The summed E-state index contributed by atoms with van der Waals surface area (Å²) in [6, 6.07) is 9.27. The van der Waals surface area contributed by atoms with Crippen molar-refractivity contribution in [2.45, 2.75) is 33.0 Å². The lowest BCUT2D eigenvalue weighted by molar-refractivity contribution is 0.282. The third-order valence-corrected chi connectivity index (χ3v) is 5.40. The molecule has 3 aromatic rings. The highest BCUT2D eigenvalue weighted by Crippen LogP contribution is 2.37. The molecule has 1 heterocycles. The van der Waals surface area contributed by atoms with Gasteiger partial charge >= 0.3 is 0 Å². The summed E-state index contributed by atoms with van der Waals surface area (Å²) in [6.07, 6.45) is 0.948. The van der Waals surface area contributed by atoms with Crippen LogP contribution in [0.2, 0.25) is 10.0 Å². The molecule has 7 nitrogen and oxygen atoms in total. The molecule has 10 heteroatoms. The molecular weight excluding hydrogens is 481 g/mol. The minimum absolute atomic E-state index is 0.329. The summed E-state index contributed by atoms with van der Waals surface area (Å²) < 4.78 is 14.0. The van der Waals surface area contributed by atoms with Gasteiger partial charge in [-0.3, -0.25) is 0 Å². The van der Waals surface area contributed by atoms with E-state index >= 15 is 0 Å². The van der Waals surface area contributed by atoms with Crippen molar-refractivity contribution < 1.29 is 9.47 Å². The number of aromatic nitrogens is 4. The molecule has 0 radical (unpaired) electrons. The summed E-state index contributed by atoms with van der Waals surface area (Å²) >= 11 is 15.6. The van der Waals surface area contributed by atoms with E-state index in [9.17, 15) is 0 Å². The van der Waals surface area contributed by atoms with Gasteiger partial charge in [0.05, 0.1) is 21.6 Å². The van der Waals surface area contributed by atoms with Crippen LogP contribution in [0.15, 0.2) is 34.8 Å². The molecule has 0 amide bonds. The van der Waals surface area contributed by atoms with Crippen molar-refractivity contribution in [2.24, 2.45) is 0 Å². The zero-order valence-electron chi connectivity index (χ0n) is 16.0. The van der Waals surface area contributed by atoms with Crippen molar-refractivity contribution in [3.05, 3.63) is 56.0 Å². The predicted octanol–water partition coefficient (Wildman–Crippen LogP) is 5.35. The number of hydrogen-bond donors (Lipinski definition) is 1.